The average molecular weight is 394 g/mol. The third-order valence-electron chi connectivity index (χ3n) is 5.28. The lowest BCUT2D eigenvalue weighted by molar-refractivity contribution is 0.0503. The van der Waals surface area contributed by atoms with Crippen LogP contribution in [0.15, 0.2) is 53.3 Å². The highest BCUT2D eigenvalue weighted by atomic mass is 19.1. The van der Waals surface area contributed by atoms with Crippen molar-refractivity contribution in [1.82, 2.24) is 9.88 Å². The Hall–Kier alpha value is -2.99. The topological polar surface area (TPSA) is 62.4 Å². The quantitative estimate of drug-likeness (QED) is 0.716. The predicted octanol–water partition coefficient (Wildman–Crippen LogP) is 3.80. The first-order chi connectivity index (χ1) is 14.0. The molecule has 29 heavy (non-hydrogen) atoms. The molecule has 2 aromatic carbocycles. The summed E-state index contributed by atoms with van der Waals surface area (Å²) in [6.45, 7) is 3.04. The van der Waals surface area contributed by atoms with Crippen LogP contribution in [0.3, 0.4) is 0 Å². The Kier molecular flexibility index (Phi) is 5.45. The predicted molar refractivity (Wildman–Crippen MR) is 109 cm³/mol. The summed E-state index contributed by atoms with van der Waals surface area (Å²) in [5.74, 6) is -1.01. The van der Waals surface area contributed by atoms with E-state index in [0.29, 0.717) is 18.7 Å². The fourth-order valence-corrected chi connectivity index (χ4v) is 3.75. The van der Waals surface area contributed by atoms with Gasteiger partial charge in [0.25, 0.3) is 11.5 Å². The SMILES string of the molecule is Cc1ccc2[nH]c(=O)c(CN(C[C@@H]3CCCO3)C(=O)c3ccccc3F)cc2c1. The van der Waals surface area contributed by atoms with Crippen LogP contribution in [0, 0.1) is 12.7 Å². The van der Waals surface area contributed by atoms with Crippen LogP contribution in [0.1, 0.15) is 34.3 Å². The number of hydrogen-bond donors (Lipinski definition) is 1. The molecule has 1 saturated heterocycles. The number of nitrogens with zero attached hydrogens (tertiary/aromatic N) is 1. The molecule has 1 N–H and O–H groups in total. The van der Waals surface area contributed by atoms with Crippen LogP contribution in [-0.4, -0.2) is 35.0 Å². The largest absolute Gasteiger partial charge is 0.376 e. The van der Waals surface area contributed by atoms with E-state index in [-0.39, 0.29) is 23.8 Å². The van der Waals surface area contributed by atoms with Gasteiger partial charge in [0.1, 0.15) is 5.82 Å². The summed E-state index contributed by atoms with van der Waals surface area (Å²) < 4.78 is 19.9. The van der Waals surface area contributed by atoms with Gasteiger partial charge < -0.3 is 14.6 Å². The average Bonchev–Trinajstić information content (AvgIpc) is 3.21. The fraction of sp³-hybridized carbons (Fsp3) is 0.304. The number of nitrogens with one attached hydrogen (secondary N) is 1. The number of benzene rings is 2. The second kappa shape index (κ2) is 8.17. The maximum absolute atomic E-state index is 14.2. The molecule has 0 radical (unpaired) electrons. The van der Waals surface area contributed by atoms with Crippen molar-refractivity contribution in [3.63, 3.8) is 0 Å². The Labute approximate surface area is 168 Å². The lowest BCUT2D eigenvalue weighted by atomic mass is 10.1. The van der Waals surface area contributed by atoms with E-state index in [0.717, 1.165) is 29.3 Å². The Balaban J connectivity index is 1.68. The molecule has 0 saturated carbocycles. The minimum atomic E-state index is -0.571. The van der Waals surface area contributed by atoms with Crippen molar-refractivity contribution < 1.29 is 13.9 Å². The smallest absolute Gasteiger partial charge is 0.257 e. The molecule has 0 bridgehead atoms. The molecule has 1 atom stereocenters. The normalized spacial score (nSPS) is 16.3. The third kappa shape index (κ3) is 4.22. The van der Waals surface area contributed by atoms with Gasteiger partial charge >= 0.3 is 0 Å². The zero-order valence-electron chi connectivity index (χ0n) is 16.3. The number of H-pyrrole nitrogens is 1. The van der Waals surface area contributed by atoms with Gasteiger partial charge in [0.05, 0.1) is 18.2 Å². The number of pyridine rings is 1. The number of amides is 1. The molecule has 1 fully saturated rings. The van der Waals surface area contributed by atoms with E-state index < -0.39 is 11.7 Å². The number of halogens is 1. The second-order valence-corrected chi connectivity index (χ2v) is 7.51. The van der Waals surface area contributed by atoms with Gasteiger partial charge in [-0.3, -0.25) is 9.59 Å². The number of aromatic nitrogens is 1. The van der Waals surface area contributed by atoms with Crippen molar-refractivity contribution in [3.8, 4) is 0 Å². The van der Waals surface area contributed by atoms with Gasteiger partial charge in [-0.1, -0.05) is 23.8 Å². The number of rotatable bonds is 5. The van der Waals surface area contributed by atoms with Crippen LogP contribution in [-0.2, 0) is 11.3 Å². The Bertz CT molecular complexity index is 1100. The van der Waals surface area contributed by atoms with E-state index in [1.54, 1.807) is 18.2 Å². The van der Waals surface area contributed by atoms with Crippen LogP contribution >= 0.6 is 0 Å². The van der Waals surface area contributed by atoms with Gasteiger partial charge in [0.15, 0.2) is 0 Å². The maximum Gasteiger partial charge on any atom is 0.257 e. The lowest BCUT2D eigenvalue weighted by Crippen LogP contribution is -2.38. The highest BCUT2D eigenvalue weighted by molar-refractivity contribution is 5.94. The minimum absolute atomic E-state index is 0.00133. The number of aromatic amines is 1. The number of aryl methyl sites for hydroxylation is 1. The van der Waals surface area contributed by atoms with Crippen LogP contribution < -0.4 is 5.56 Å². The number of hydrogen-bond acceptors (Lipinski definition) is 3. The molecule has 0 aliphatic carbocycles. The standard InChI is InChI=1S/C23H23FN2O3/c1-15-8-9-21-16(11-15)12-17(22(27)25-21)13-26(14-18-5-4-10-29-18)23(28)19-6-2-3-7-20(19)24/h2-3,6-9,11-12,18H,4-5,10,13-14H2,1H3,(H,25,27)/t18-/m0/s1. The Morgan fingerprint density at radius 2 is 2.07 bits per heavy atom. The summed E-state index contributed by atoms with van der Waals surface area (Å²) in [5.41, 5.74) is 2.04. The van der Waals surface area contributed by atoms with Crippen molar-refractivity contribution in [1.29, 1.82) is 0 Å². The first kappa shape index (κ1) is 19.3. The zero-order chi connectivity index (χ0) is 20.4. The summed E-state index contributed by atoms with van der Waals surface area (Å²) in [7, 11) is 0. The lowest BCUT2D eigenvalue weighted by Gasteiger charge is -2.25. The summed E-state index contributed by atoms with van der Waals surface area (Å²) in [5, 5.41) is 0.898. The molecule has 6 heteroatoms. The van der Waals surface area contributed by atoms with Crippen molar-refractivity contribution in [3.05, 3.63) is 81.4 Å². The molecular formula is C23H23FN2O3. The van der Waals surface area contributed by atoms with Gasteiger partial charge in [-0.05, 0) is 55.5 Å². The summed E-state index contributed by atoms with van der Waals surface area (Å²) in [4.78, 5) is 30.1. The first-order valence-electron chi connectivity index (χ1n) is 9.79. The van der Waals surface area contributed by atoms with E-state index >= 15 is 0 Å². The van der Waals surface area contributed by atoms with Crippen LogP contribution in [0.2, 0.25) is 0 Å². The highest BCUT2D eigenvalue weighted by Gasteiger charge is 2.26. The van der Waals surface area contributed by atoms with Crippen molar-refractivity contribution >= 4 is 16.8 Å². The number of carbonyl (C=O) groups is 1. The first-order valence-corrected chi connectivity index (χ1v) is 9.79. The Morgan fingerprint density at radius 3 is 2.83 bits per heavy atom. The molecule has 0 spiro atoms. The molecule has 2 heterocycles. The van der Waals surface area contributed by atoms with Gasteiger partial charge in [-0.2, -0.15) is 0 Å². The van der Waals surface area contributed by atoms with E-state index in [1.807, 2.05) is 25.1 Å². The van der Waals surface area contributed by atoms with Gasteiger partial charge in [0, 0.05) is 24.2 Å². The minimum Gasteiger partial charge on any atom is -0.376 e. The van der Waals surface area contributed by atoms with Crippen molar-refractivity contribution in [2.75, 3.05) is 13.2 Å². The number of carbonyl (C=O) groups excluding carboxylic acids is 1. The molecule has 5 nitrogen and oxygen atoms in total. The summed E-state index contributed by atoms with van der Waals surface area (Å²) in [6, 6.07) is 13.5. The second-order valence-electron chi connectivity index (χ2n) is 7.51. The van der Waals surface area contributed by atoms with Crippen LogP contribution in [0.5, 0.6) is 0 Å². The molecule has 1 aliphatic heterocycles. The molecule has 0 unspecified atom stereocenters. The van der Waals surface area contributed by atoms with E-state index in [1.165, 1.54) is 17.0 Å². The molecule has 150 valence electrons. The maximum atomic E-state index is 14.2. The summed E-state index contributed by atoms with van der Waals surface area (Å²) >= 11 is 0. The summed E-state index contributed by atoms with van der Waals surface area (Å²) in [6.07, 6.45) is 1.67. The third-order valence-corrected chi connectivity index (χ3v) is 5.28. The fourth-order valence-electron chi connectivity index (χ4n) is 3.75. The van der Waals surface area contributed by atoms with Gasteiger partial charge in [-0.25, -0.2) is 4.39 Å². The molecule has 1 amide bonds. The molecule has 1 aliphatic rings. The molecule has 4 rings (SSSR count). The zero-order valence-corrected chi connectivity index (χ0v) is 16.3. The van der Waals surface area contributed by atoms with Gasteiger partial charge in [0.2, 0.25) is 0 Å². The van der Waals surface area contributed by atoms with Crippen LogP contribution in [0.25, 0.3) is 10.9 Å². The monoisotopic (exact) mass is 394 g/mol. The number of ether oxygens (including phenoxy) is 1. The van der Waals surface area contributed by atoms with E-state index in [4.69, 9.17) is 4.74 Å². The molecular weight excluding hydrogens is 371 g/mol. The van der Waals surface area contributed by atoms with Crippen molar-refractivity contribution in [2.24, 2.45) is 0 Å². The van der Waals surface area contributed by atoms with E-state index in [9.17, 15) is 14.0 Å². The Morgan fingerprint density at radius 1 is 1.24 bits per heavy atom. The van der Waals surface area contributed by atoms with Crippen molar-refractivity contribution in [2.45, 2.75) is 32.4 Å². The van der Waals surface area contributed by atoms with Crippen LogP contribution in [0.4, 0.5) is 4.39 Å². The molecule has 3 aromatic rings. The van der Waals surface area contributed by atoms with E-state index in [2.05, 4.69) is 4.98 Å². The highest BCUT2D eigenvalue weighted by Crippen LogP contribution is 2.19. The van der Waals surface area contributed by atoms with Gasteiger partial charge in [-0.15, -0.1) is 0 Å². The molecule has 1 aromatic heterocycles. The number of fused-ring (bicyclic) bond motifs is 1.